The lowest BCUT2D eigenvalue weighted by molar-refractivity contribution is -0.146. The van der Waals surface area contributed by atoms with Crippen molar-refractivity contribution in [3.8, 4) is 0 Å². The zero-order chi connectivity index (χ0) is 16.3. The Morgan fingerprint density at radius 1 is 1.36 bits per heavy atom. The second-order valence-electron chi connectivity index (χ2n) is 5.65. The molecule has 6 heteroatoms. The summed E-state index contributed by atoms with van der Waals surface area (Å²) in [4.78, 5) is 13.6. The molecule has 1 saturated heterocycles. The van der Waals surface area contributed by atoms with Crippen molar-refractivity contribution in [2.24, 2.45) is 5.92 Å². The zero-order valence-electron chi connectivity index (χ0n) is 13.1. The van der Waals surface area contributed by atoms with Gasteiger partial charge in [-0.15, -0.1) is 0 Å². The van der Waals surface area contributed by atoms with E-state index in [9.17, 15) is 4.79 Å². The summed E-state index contributed by atoms with van der Waals surface area (Å²) in [7, 11) is 1.43. The molecule has 1 fully saturated rings. The number of piperidine rings is 1. The highest BCUT2D eigenvalue weighted by Gasteiger charge is 2.26. The number of benzene rings is 1. The van der Waals surface area contributed by atoms with Gasteiger partial charge in [0.25, 0.3) is 0 Å². The number of methoxy groups -OCH3 is 1. The highest BCUT2D eigenvalue weighted by molar-refractivity contribution is 7.80. The molecule has 22 heavy (non-hydrogen) atoms. The first kappa shape index (κ1) is 17.0. The fourth-order valence-electron chi connectivity index (χ4n) is 2.74. The summed E-state index contributed by atoms with van der Waals surface area (Å²) < 4.78 is 4.80. The van der Waals surface area contributed by atoms with Crippen LogP contribution >= 0.6 is 23.8 Å². The van der Waals surface area contributed by atoms with Crippen LogP contribution in [-0.2, 0) is 9.53 Å². The average molecular weight is 341 g/mol. The number of aryl methyl sites for hydroxylation is 2. The van der Waals surface area contributed by atoms with E-state index in [2.05, 4.69) is 16.3 Å². The molecule has 1 heterocycles. The van der Waals surface area contributed by atoms with Gasteiger partial charge in [-0.25, -0.2) is 0 Å². The fraction of sp³-hybridized carbons (Fsp3) is 0.500. The lowest BCUT2D eigenvalue weighted by Gasteiger charge is -2.33. The maximum Gasteiger partial charge on any atom is 0.308 e. The third kappa shape index (κ3) is 3.90. The second-order valence-corrected chi connectivity index (χ2v) is 6.45. The fourth-order valence-corrected chi connectivity index (χ4v) is 3.40. The number of thiocarbonyl (C=S) groups is 1. The minimum Gasteiger partial charge on any atom is -0.469 e. The van der Waals surface area contributed by atoms with Crippen molar-refractivity contribution < 1.29 is 9.53 Å². The van der Waals surface area contributed by atoms with E-state index < -0.39 is 0 Å². The largest absolute Gasteiger partial charge is 0.469 e. The standard InChI is InChI=1S/C16H21ClN2O2S/c1-10-8-11(2)14(13(17)9-10)18-16(22)19-6-4-12(5-7-19)15(20)21-3/h8-9,12H,4-7H2,1-3H3,(H,18,22). The Morgan fingerprint density at radius 3 is 2.55 bits per heavy atom. The summed E-state index contributed by atoms with van der Waals surface area (Å²) in [6.45, 7) is 5.51. The summed E-state index contributed by atoms with van der Waals surface area (Å²) in [6.07, 6.45) is 1.52. The predicted octanol–water partition coefficient (Wildman–Crippen LogP) is 3.54. The lowest BCUT2D eigenvalue weighted by Crippen LogP contribution is -2.42. The number of halogens is 1. The Bertz CT molecular complexity index is 561. The van der Waals surface area contributed by atoms with E-state index in [0.29, 0.717) is 10.1 Å². The van der Waals surface area contributed by atoms with Crippen molar-refractivity contribution in [3.05, 3.63) is 28.3 Å². The van der Waals surface area contributed by atoms with Crippen molar-refractivity contribution >= 4 is 40.6 Å². The average Bonchev–Trinajstić information content (AvgIpc) is 2.50. The van der Waals surface area contributed by atoms with Crippen LogP contribution in [0.1, 0.15) is 24.0 Å². The molecule has 1 aliphatic heterocycles. The molecule has 4 nitrogen and oxygen atoms in total. The number of rotatable bonds is 2. The molecule has 1 aliphatic rings. The number of hydrogen-bond acceptors (Lipinski definition) is 3. The van der Waals surface area contributed by atoms with Gasteiger partial charge in [-0.2, -0.15) is 0 Å². The molecule has 1 aromatic rings. The van der Waals surface area contributed by atoms with E-state index in [1.165, 1.54) is 7.11 Å². The van der Waals surface area contributed by atoms with Gasteiger partial charge in [0.15, 0.2) is 5.11 Å². The summed E-state index contributed by atoms with van der Waals surface area (Å²) in [5, 5.41) is 4.56. The zero-order valence-corrected chi connectivity index (χ0v) is 14.7. The molecule has 0 bridgehead atoms. The summed E-state index contributed by atoms with van der Waals surface area (Å²) in [6, 6.07) is 3.99. The van der Waals surface area contributed by atoms with E-state index in [4.69, 9.17) is 28.6 Å². The first-order valence-electron chi connectivity index (χ1n) is 7.33. The molecule has 0 radical (unpaired) electrons. The van der Waals surface area contributed by atoms with Gasteiger partial charge in [-0.1, -0.05) is 17.7 Å². The Labute approximate surface area is 141 Å². The van der Waals surface area contributed by atoms with Gasteiger partial charge in [-0.05, 0) is 56.1 Å². The topological polar surface area (TPSA) is 41.6 Å². The molecule has 0 amide bonds. The highest BCUT2D eigenvalue weighted by atomic mass is 35.5. The van der Waals surface area contributed by atoms with Gasteiger partial charge >= 0.3 is 5.97 Å². The Kier molecular flexibility index (Phi) is 5.64. The maximum absolute atomic E-state index is 11.5. The first-order chi connectivity index (χ1) is 10.4. The third-order valence-electron chi connectivity index (χ3n) is 3.98. The lowest BCUT2D eigenvalue weighted by atomic mass is 9.97. The highest BCUT2D eigenvalue weighted by Crippen LogP contribution is 2.28. The third-order valence-corrected chi connectivity index (χ3v) is 4.64. The van der Waals surface area contributed by atoms with Gasteiger partial charge in [0, 0.05) is 13.1 Å². The molecule has 2 rings (SSSR count). The van der Waals surface area contributed by atoms with Gasteiger partial charge in [-0.3, -0.25) is 4.79 Å². The molecule has 0 aromatic heterocycles. The van der Waals surface area contributed by atoms with Gasteiger partial charge in [0.05, 0.1) is 23.7 Å². The van der Waals surface area contributed by atoms with Crippen molar-refractivity contribution in [2.45, 2.75) is 26.7 Å². The number of carbonyl (C=O) groups is 1. The van der Waals surface area contributed by atoms with Crippen LogP contribution in [0.2, 0.25) is 5.02 Å². The van der Waals surface area contributed by atoms with E-state index in [1.807, 2.05) is 19.9 Å². The summed E-state index contributed by atoms with van der Waals surface area (Å²) in [5.74, 6) is -0.148. The van der Waals surface area contributed by atoms with Gasteiger partial charge < -0.3 is 15.0 Å². The number of likely N-dealkylation sites (tertiary alicyclic amines) is 1. The van der Waals surface area contributed by atoms with E-state index >= 15 is 0 Å². The molecule has 0 atom stereocenters. The van der Waals surface area contributed by atoms with Crippen LogP contribution in [0.3, 0.4) is 0 Å². The van der Waals surface area contributed by atoms with E-state index in [0.717, 1.165) is 42.7 Å². The van der Waals surface area contributed by atoms with E-state index in [-0.39, 0.29) is 11.9 Å². The number of carbonyl (C=O) groups excluding carboxylic acids is 1. The predicted molar refractivity (Wildman–Crippen MR) is 93.5 cm³/mol. The first-order valence-corrected chi connectivity index (χ1v) is 8.11. The monoisotopic (exact) mass is 340 g/mol. The maximum atomic E-state index is 11.5. The van der Waals surface area contributed by atoms with E-state index in [1.54, 1.807) is 0 Å². The van der Waals surface area contributed by atoms with Crippen molar-refractivity contribution in [3.63, 3.8) is 0 Å². The second kappa shape index (κ2) is 7.29. The van der Waals surface area contributed by atoms with Crippen molar-refractivity contribution in [2.75, 3.05) is 25.5 Å². The van der Waals surface area contributed by atoms with Crippen molar-refractivity contribution in [1.29, 1.82) is 0 Å². The number of anilines is 1. The molecule has 0 unspecified atom stereocenters. The van der Waals surface area contributed by atoms with Crippen molar-refractivity contribution in [1.82, 2.24) is 4.90 Å². The Balaban J connectivity index is 1.98. The summed E-state index contributed by atoms with van der Waals surface area (Å²) in [5.41, 5.74) is 3.04. The smallest absolute Gasteiger partial charge is 0.308 e. The molecular weight excluding hydrogens is 320 g/mol. The quantitative estimate of drug-likeness (QED) is 0.658. The molecule has 120 valence electrons. The molecule has 1 aromatic carbocycles. The number of nitrogens with zero attached hydrogens (tertiary/aromatic N) is 1. The van der Waals surface area contributed by atoms with Gasteiger partial charge in [0.2, 0.25) is 0 Å². The molecular formula is C16H21ClN2O2S. The minimum absolute atomic E-state index is 0.0197. The number of esters is 1. The summed E-state index contributed by atoms with van der Waals surface area (Å²) >= 11 is 11.8. The van der Waals surface area contributed by atoms with Crippen LogP contribution in [-0.4, -0.2) is 36.2 Å². The number of ether oxygens (including phenoxy) is 1. The van der Waals surface area contributed by atoms with Crippen LogP contribution in [0, 0.1) is 19.8 Å². The molecule has 1 N–H and O–H groups in total. The van der Waals surface area contributed by atoms with Crippen LogP contribution in [0.15, 0.2) is 12.1 Å². The number of hydrogen-bond donors (Lipinski definition) is 1. The molecule has 0 spiro atoms. The normalized spacial score (nSPS) is 15.5. The van der Waals surface area contributed by atoms with Crippen LogP contribution in [0.25, 0.3) is 0 Å². The SMILES string of the molecule is COC(=O)C1CCN(C(=S)Nc2c(C)cc(C)cc2Cl)CC1. The Hall–Kier alpha value is -1.33. The van der Waals surface area contributed by atoms with Crippen LogP contribution < -0.4 is 5.32 Å². The van der Waals surface area contributed by atoms with Gasteiger partial charge in [0.1, 0.15) is 0 Å². The Morgan fingerprint density at radius 2 is 2.00 bits per heavy atom. The molecule has 0 saturated carbocycles. The molecule has 0 aliphatic carbocycles. The van der Waals surface area contributed by atoms with Crippen LogP contribution in [0.5, 0.6) is 0 Å². The van der Waals surface area contributed by atoms with Crippen LogP contribution in [0.4, 0.5) is 5.69 Å². The number of nitrogens with one attached hydrogen (secondary N) is 1. The minimum atomic E-state index is -0.129.